The molecule has 0 aromatic heterocycles. The smallest absolute Gasteiger partial charge is 0.338 e. The number of amidine groups is 1. The molecule has 30 heavy (non-hydrogen) atoms. The van der Waals surface area contributed by atoms with Gasteiger partial charge in [-0.05, 0) is 57.2 Å². The Kier molecular flexibility index (Phi) is 6.57. The highest BCUT2D eigenvalue weighted by Gasteiger charge is 2.42. The number of ether oxygens (including phenoxy) is 3. The van der Waals surface area contributed by atoms with E-state index in [0.29, 0.717) is 46.1 Å². The summed E-state index contributed by atoms with van der Waals surface area (Å²) in [4.78, 5) is 19.4. The van der Waals surface area contributed by atoms with Gasteiger partial charge in [0.25, 0.3) is 0 Å². The van der Waals surface area contributed by atoms with Crippen molar-refractivity contribution in [1.29, 1.82) is 5.26 Å². The summed E-state index contributed by atoms with van der Waals surface area (Å²) in [5, 5.41) is 9.99. The summed E-state index contributed by atoms with van der Waals surface area (Å²) in [7, 11) is 0. The van der Waals surface area contributed by atoms with Crippen LogP contribution in [0, 0.1) is 11.3 Å². The minimum absolute atomic E-state index is 0.232. The molecule has 8 nitrogen and oxygen atoms in total. The molecule has 0 fully saturated rings. The van der Waals surface area contributed by atoms with Gasteiger partial charge >= 0.3 is 5.97 Å². The average molecular weight is 429 g/mol. The molecule has 0 saturated carbocycles. The molecule has 0 bridgehead atoms. The molecule has 0 saturated heterocycles. The van der Waals surface area contributed by atoms with Crippen molar-refractivity contribution in [2.24, 2.45) is 10.7 Å². The number of carbonyl (C=O) groups is 1. The summed E-state index contributed by atoms with van der Waals surface area (Å²) < 4.78 is 16.7. The van der Waals surface area contributed by atoms with Crippen LogP contribution in [0.1, 0.15) is 39.3 Å². The fourth-order valence-corrected chi connectivity index (χ4v) is 4.28. The number of hydrogen-bond donors (Lipinski definition) is 1. The van der Waals surface area contributed by atoms with E-state index in [-0.39, 0.29) is 12.4 Å². The van der Waals surface area contributed by atoms with Crippen LogP contribution in [0.2, 0.25) is 0 Å². The Morgan fingerprint density at radius 3 is 2.57 bits per heavy atom. The van der Waals surface area contributed by atoms with Crippen LogP contribution in [0.15, 0.2) is 45.2 Å². The molecule has 2 aliphatic rings. The Morgan fingerprint density at radius 2 is 1.93 bits per heavy atom. The zero-order chi connectivity index (χ0) is 21.8. The first-order valence-electron chi connectivity index (χ1n) is 9.69. The molecule has 1 aromatic carbocycles. The van der Waals surface area contributed by atoms with Crippen LogP contribution in [-0.2, 0) is 9.53 Å². The first kappa shape index (κ1) is 21.6. The SMILES string of the molecule is CCOC(=O)C1=C(C)N=C2SC(C#N)=C(N)N2[C@H]1c1ccc(OCC)c(OCC)c1. The number of rotatable bonds is 7. The predicted octanol–water partition coefficient (Wildman–Crippen LogP) is 3.43. The minimum Gasteiger partial charge on any atom is -0.490 e. The van der Waals surface area contributed by atoms with Gasteiger partial charge in [0.15, 0.2) is 16.7 Å². The van der Waals surface area contributed by atoms with E-state index in [2.05, 4.69) is 11.1 Å². The van der Waals surface area contributed by atoms with E-state index >= 15 is 0 Å². The highest BCUT2D eigenvalue weighted by molar-refractivity contribution is 8.17. The zero-order valence-electron chi connectivity index (χ0n) is 17.4. The van der Waals surface area contributed by atoms with Gasteiger partial charge in [-0.25, -0.2) is 9.79 Å². The molecule has 0 spiro atoms. The molecular formula is C21H24N4O4S. The quantitative estimate of drug-likeness (QED) is 0.658. The molecule has 158 valence electrons. The number of nitrogens with two attached hydrogens (primary N) is 1. The third kappa shape index (κ3) is 3.83. The zero-order valence-corrected chi connectivity index (χ0v) is 18.2. The van der Waals surface area contributed by atoms with Gasteiger partial charge in [-0.15, -0.1) is 0 Å². The molecule has 0 unspecified atom stereocenters. The summed E-state index contributed by atoms with van der Waals surface area (Å²) in [5.41, 5.74) is 7.92. The van der Waals surface area contributed by atoms with Crippen LogP contribution in [0.4, 0.5) is 0 Å². The summed E-state index contributed by atoms with van der Waals surface area (Å²) in [5.74, 6) is 0.963. The third-order valence-corrected chi connectivity index (χ3v) is 5.53. The van der Waals surface area contributed by atoms with Crippen molar-refractivity contribution in [1.82, 2.24) is 4.90 Å². The van der Waals surface area contributed by atoms with E-state index in [1.165, 1.54) is 11.8 Å². The molecule has 2 heterocycles. The lowest BCUT2D eigenvalue weighted by Gasteiger charge is -2.35. The molecule has 0 aliphatic carbocycles. The second-order valence-electron chi connectivity index (χ2n) is 6.39. The van der Waals surface area contributed by atoms with E-state index in [0.717, 1.165) is 5.56 Å². The molecule has 0 radical (unpaired) electrons. The van der Waals surface area contributed by atoms with Gasteiger partial charge in [0, 0.05) is 0 Å². The molecule has 2 aliphatic heterocycles. The standard InChI is InChI=1S/C21H24N4O4S/c1-5-27-14-9-8-13(10-15(14)28-6-2)18-17(20(26)29-7-3)12(4)24-21-25(18)19(23)16(11-22)30-21/h8-10,18H,5-7,23H2,1-4H3/t18-/m0/s1. The lowest BCUT2D eigenvalue weighted by Crippen LogP contribution is -2.38. The first-order valence-corrected chi connectivity index (χ1v) is 10.5. The van der Waals surface area contributed by atoms with Crippen molar-refractivity contribution >= 4 is 22.9 Å². The number of benzene rings is 1. The van der Waals surface area contributed by atoms with Crippen molar-refractivity contribution in [2.45, 2.75) is 33.7 Å². The Balaban J connectivity index is 2.18. The Bertz CT molecular complexity index is 993. The number of fused-ring (bicyclic) bond motifs is 1. The van der Waals surface area contributed by atoms with Crippen molar-refractivity contribution in [3.63, 3.8) is 0 Å². The molecule has 1 atom stereocenters. The normalized spacial score (nSPS) is 18.0. The number of thioether (sulfide) groups is 1. The number of nitrogens with zero attached hydrogens (tertiary/aromatic N) is 3. The molecular weight excluding hydrogens is 404 g/mol. The number of carbonyl (C=O) groups excluding carboxylic acids is 1. The maximum atomic E-state index is 12.9. The number of allylic oxidation sites excluding steroid dienone is 2. The van der Waals surface area contributed by atoms with E-state index in [4.69, 9.17) is 19.9 Å². The van der Waals surface area contributed by atoms with Crippen LogP contribution in [-0.4, -0.2) is 35.9 Å². The fourth-order valence-electron chi connectivity index (χ4n) is 3.36. The Hall–Kier alpha value is -3.12. The lowest BCUT2D eigenvalue weighted by atomic mass is 9.94. The van der Waals surface area contributed by atoms with E-state index in [1.807, 2.05) is 32.0 Å². The monoisotopic (exact) mass is 428 g/mol. The van der Waals surface area contributed by atoms with E-state index < -0.39 is 12.0 Å². The third-order valence-electron chi connectivity index (χ3n) is 4.56. The van der Waals surface area contributed by atoms with Gasteiger partial charge in [-0.3, -0.25) is 4.90 Å². The average Bonchev–Trinajstić information content (AvgIpc) is 3.04. The summed E-state index contributed by atoms with van der Waals surface area (Å²) in [6.45, 7) is 8.47. The number of esters is 1. The van der Waals surface area contributed by atoms with E-state index in [1.54, 1.807) is 18.7 Å². The number of hydrogen-bond acceptors (Lipinski definition) is 9. The van der Waals surface area contributed by atoms with Crippen LogP contribution < -0.4 is 15.2 Å². The van der Waals surface area contributed by atoms with Gasteiger partial charge in [-0.1, -0.05) is 6.07 Å². The summed E-state index contributed by atoms with van der Waals surface area (Å²) >= 11 is 1.18. The Labute approximate surface area is 180 Å². The molecule has 1 aromatic rings. The summed E-state index contributed by atoms with van der Waals surface area (Å²) in [6.07, 6.45) is 0. The highest BCUT2D eigenvalue weighted by atomic mass is 32.2. The van der Waals surface area contributed by atoms with Crippen molar-refractivity contribution in [2.75, 3.05) is 19.8 Å². The van der Waals surface area contributed by atoms with Crippen molar-refractivity contribution < 1.29 is 19.0 Å². The number of aliphatic imine (C=N–C) groups is 1. The topological polar surface area (TPSA) is 110 Å². The van der Waals surface area contributed by atoms with Crippen molar-refractivity contribution in [3.8, 4) is 17.6 Å². The summed E-state index contributed by atoms with van der Waals surface area (Å²) in [6, 6.07) is 6.99. The van der Waals surface area contributed by atoms with E-state index in [9.17, 15) is 10.1 Å². The fraction of sp³-hybridized carbons (Fsp3) is 0.381. The largest absolute Gasteiger partial charge is 0.490 e. The minimum atomic E-state index is -0.607. The lowest BCUT2D eigenvalue weighted by molar-refractivity contribution is -0.139. The maximum Gasteiger partial charge on any atom is 0.338 e. The van der Waals surface area contributed by atoms with Gasteiger partial charge in [-0.2, -0.15) is 5.26 Å². The van der Waals surface area contributed by atoms with Crippen LogP contribution >= 0.6 is 11.8 Å². The molecule has 2 N–H and O–H groups in total. The van der Waals surface area contributed by atoms with Crippen molar-refractivity contribution in [3.05, 3.63) is 45.8 Å². The predicted molar refractivity (Wildman–Crippen MR) is 115 cm³/mol. The Morgan fingerprint density at radius 1 is 1.23 bits per heavy atom. The first-order chi connectivity index (χ1) is 14.5. The number of nitriles is 1. The van der Waals surface area contributed by atoms with Gasteiger partial charge in [0.1, 0.15) is 16.8 Å². The highest BCUT2D eigenvalue weighted by Crippen LogP contribution is 2.46. The van der Waals surface area contributed by atoms with Crippen LogP contribution in [0.25, 0.3) is 0 Å². The van der Waals surface area contributed by atoms with Crippen LogP contribution in [0.3, 0.4) is 0 Å². The molecule has 9 heteroatoms. The second-order valence-corrected chi connectivity index (χ2v) is 7.36. The van der Waals surface area contributed by atoms with Gasteiger partial charge < -0.3 is 19.9 Å². The van der Waals surface area contributed by atoms with Crippen LogP contribution in [0.5, 0.6) is 11.5 Å². The maximum absolute atomic E-state index is 12.9. The molecule has 3 rings (SSSR count). The molecule has 0 amide bonds. The van der Waals surface area contributed by atoms with Gasteiger partial charge in [0.2, 0.25) is 0 Å². The second kappa shape index (κ2) is 9.13. The van der Waals surface area contributed by atoms with Gasteiger partial charge in [0.05, 0.1) is 37.1 Å².